The molecule has 1 rings (SSSR count). The van der Waals surface area contributed by atoms with Crippen LogP contribution in [0.5, 0.6) is 0 Å². The molecule has 0 aliphatic heterocycles. The molecule has 0 unspecified atom stereocenters. The van der Waals surface area contributed by atoms with Crippen molar-refractivity contribution in [3.05, 3.63) is 23.9 Å². The first-order valence-electron chi connectivity index (χ1n) is 4.26. The summed E-state index contributed by atoms with van der Waals surface area (Å²) in [6, 6.07) is 3.43. The van der Waals surface area contributed by atoms with Crippen LogP contribution in [0.3, 0.4) is 0 Å². The number of thiocarbonyl (C=S) groups is 1. The van der Waals surface area contributed by atoms with Crippen LogP contribution in [0, 0.1) is 0 Å². The first-order valence-corrected chi connectivity index (χ1v) is 4.67. The lowest BCUT2D eigenvalue weighted by Crippen LogP contribution is -2.31. The summed E-state index contributed by atoms with van der Waals surface area (Å²) in [5.74, 6) is 0.194. The molecular formula is C9H12N4OS. The summed E-state index contributed by atoms with van der Waals surface area (Å²) in [5.41, 5.74) is 11.3. The number of aromatic nitrogens is 1. The second kappa shape index (κ2) is 4.70. The Hall–Kier alpha value is -1.69. The molecule has 0 saturated heterocycles. The fraction of sp³-hybridized carbons (Fsp3) is 0.222. The predicted molar refractivity (Wildman–Crippen MR) is 62.6 cm³/mol. The van der Waals surface area contributed by atoms with Gasteiger partial charge in [0.2, 0.25) is 5.91 Å². The number of carbonyl (C=O) groups is 1. The van der Waals surface area contributed by atoms with E-state index < -0.39 is 5.91 Å². The summed E-state index contributed by atoms with van der Waals surface area (Å²) < 4.78 is 0. The van der Waals surface area contributed by atoms with E-state index in [0.717, 1.165) is 0 Å². The number of pyridine rings is 1. The Balaban J connectivity index is 2.89. The van der Waals surface area contributed by atoms with Crippen LogP contribution in [0.1, 0.15) is 5.56 Å². The Morgan fingerprint density at radius 1 is 1.60 bits per heavy atom. The standard InChI is InChI=1S/C9H12N4OS/c1-13(5-7(10)14)8-4-6(9(11)15)2-3-12-8/h2-4H,5H2,1H3,(H2,10,14)(H2,11,15). The average molecular weight is 224 g/mol. The van der Waals surface area contributed by atoms with Crippen LogP contribution < -0.4 is 16.4 Å². The molecule has 0 spiro atoms. The van der Waals surface area contributed by atoms with Crippen molar-refractivity contribution in [2.45, 2.75) is 0 Å². The highest BCUT2D eigenvalue weighted by Crippen LogP contribution is 2.10. The lowest BCUT2D eigenvalue weighted by atomic mass is 10.2. The van der Waals surface area contributed by atoms with Crippen molar-refractivity contribution in [2.24, 2.45) is 11.5 Å². The topological polar surface area (TPSA) is 85.2 Å². The normalized spacial score (nSPS) is 9.67. The van der Waals surface area contributed by atoms with E-state index in [0.29, 0.717) is 16.4 Å². The number of anilines is 1. The summed E-state index contributed by atoms with van der Waals surface area (Å²) >= 11 is 4.84. The van der Waals surface area contributed by atoms with Gasteiger partial charge in [0.25, 0.3) is 0 Å². The molecular weight excluding hydrogens is 212 g/mol. The third-order valence-electron chi connectivity index (χ3n) is 1.81. The van der Waals surface area contributed by atoms with Crippen molar-refractivity contribution in [1.29, 1.82) is 0 Å². The zero-order valence-corrected chi connectivity index (χ0v) is 9.12. The summed E-state index contributed by atoms with van der Waals surface area (Å²) in [4.78, 5) is 16.7. The number of hydrogen-bond donors (Lipinski definition) is 2. The molecule has 5 nitrogen and oxygen atoms in total. The van der Waals surface area contributed by atoms with Gasteiger partial charge in [-0.1, -0.05) is 12.2 Å². The number of nitrogens with two attached hydrogens (primary N) is 2. The quantitative estimate of drug-likeness (QED) is 0.682. The first kappa shape index (κ1) is 11.4. The van der Waals surface area contributed by atoms with Crippen LogP contribution in [0.4, 0.5) is 5.82 Å². The molecule has 1 aromatic heterocycles. The average Bonchev–Trinajstić information content (AvgIpc) is 2.17. The molecule has 0 aliphatic carbocycles. The Kier molecular flexibility index (Phi) is 3.56. The number of nitrogens with zero attached hydrogens (tertiary/aromatic N) is 2. The number of amides is 1. The molecule has 80 valence electrons. The van der Waals surface area contributed by atoms with Crippen molar-refractivity contribution >= 4 is 28.9 Å². The van der Waals surface area contributed by atoms with Gasteiger partial charge < -0.3 is 16.4 Å². The minimum absolute atomic E-state index is 0.105. The fourth-order valence-electron chi connectivity index (χ4n) is 1.10. The van der Waals surface area contributed by atoms with Crippen molar-refractivity contribution in [2.75, 3.05) is 18.5 Å². The summed E-state index contributed by atoms with van der Waals surface area (Å²) in [6.07, 6.45) is 1.58. The maximum Gasteiger partial charge on any atom is 0.236 e. The molecule has 0 bridgehead atoms. The van der Waals surface area contributed by atoms with Crippen LogP contribution in [0.25, 0.3) is 0 Å². The van der Waals surface area contributed by atoms with Crippen LogP contribution >= 0.6 is 12.2 Å². The summed E-state index contributed by atoms with van der Waals surface area (Å²) in [6.45, 7) is 0.105. The lowest BCUT2D eigenvalue weighted by molar-refractivity contribution is -0.116. The van der Waals surface area contributed by atoms with Gasteiger partial charge in [-0.15, -0.1) is 0 Å². The highest BCUT2D eigenvalue weighted by Gasteiger charge is 2.06. The van der Waals surface area contributed by atoms with E-state index in [4.69, 9.17) is 23.7 Å². The van der Waals surface area contributed by atoms with Gasteiger partial charge in [0.1, 0.15) is 10.8 Å². The van der Waals surface area contributed by atoms with Gasteiger partial charge in [0.15, 0.2) is 0 Å². The zero-order valence-electron chi connectivity index (χ0n) is 8.30. The predicted octanol–water partition coefficient (Wildman–Crippen LogP) is -0.363. The van der Waals surface area contributed by atoms with Gasteiger partial charge in [0, 0.05) is 18.8 Å². The SMILES string of the molecule is CN(CC(N)=O)c1cc(C(N)=S)ccn1. The molecule has 1 heterocycles. The van der Waals surface area contributed by atoms with Gasteiger partial charge in [-0.25, -0.2) is 4.98 Å². The van der Waals surface area contributed by atoms with Crippen molar-refractivity contribution in [3.63, 3.8) is 0 Å². The van der Waals surface area contributed by atoms with Crippen LogP contribution in [-0.4, -0.2) is 29.5 Å². The highest BCUT2D eigenvalue weighted by molar-refractivity contribution is 7.80. The molecule has 15 heavy (non-hydrogen) atoms. The lowest BCUT2D eigenvalue weighted by Gasteiger charge is -2.16. The number of likely N-dealkylation sites (N-methyl/N-ethyl adjacent to an activating group) is 1. The number of carbonyl (C=O) groups excluding carboxylic acids is 1. The van der Waals surface area contributed by atoms with Gasteiger partial charge in [-0.2, -0.15) is 0 Å². The second-order valence-electron chi connectivity index (χ2n) is 3.09. The first-order chi connectivity index (χ1) is 7.00. The van der Waals surface area contributed by atoms with E-state index in [-0.39, 0.29) is 6.54 Å². The van der Waals surface area contributed by atoms with Crippen molar-refractivity contribution in [1.82, 2.24) is 4.98 Å². The van der Waals surface area contributed by atoms with Gasteiger partial charge in [-0.3, -0.25) is 4.79 Å². The van der Waals surface area contributed by atoms with Gasteiger partial charge in [0.05, 0.1) is 6.54 Å². The highest BCUT2D eigenvalue weighted by atomic mass is 32.1. The second-order valence-corrected chi connectivity index (χ2v) is 3.53. The van der Waals surface area contributed by atoms with E-state index in [1.807, 2.05) is 0 Å². The molecule has 0 aliphatic rings. The summed E-state index contributed by atoms with van der Waals surface area (Å²) in [7, 11) is 1.72. The molecule has 0 aromatic carbocycles. The largest absolute Gasteiger partial charge is 0.389 e. The number of primary amides is 1. The Morgan fingerprint density at radius 2 is 2.27 bits per heavy atom. The molecule has 1 aromatic rings. The molecule has 0 saturated carbocycles. The third kappa shape index (κ3) is 3.17. The Labute approximate surface area is 93.1 Å². The smallest absolute Gasteiger partial charge is 0.236 e. The maximum atomic E-state index is 10.7. The maximum absolute atomic E-state index is 10.7. The van der Waals surface area contributed by atoms with E-state index in [1.54, 1.807) is 30.3 Å². The molecule has 6 heteroatoms. The Bertz CT molecular complexity index is 393. The molecule has 1 amide bonds. The zero-order chi connectivity index (χ0) is 11.4. The van der Waals surface area contributed by atoms with Gasteiger partial charge >= 0.3 is 0 Å². The van der Waals surface area contributed by atoms with E-state index in [2.05, 4.69) is 4.98 Å². The molecule has 0 fully saturated rings. The van der Waals surface area contributed by atoms with E-state index in [1.165, 1.54) is 0 Å². The molecule has 0 atom stereocenters. The third-order valence-corrected chi connectivity index (χ3v) is 2.05. The van der Waals surface area contributed by atoms with E-state index >= 15 is 0 Å². The van der Waals surface area contributed by atoms with E-state index in [9.17, 15) is 4.79 Å². The number of hydrogen-bond acceptors (Lipinski definition) is 4. The van der Waals surface area contributed by atoms with Crippen LogP contribution in [0.2, 0.25) is 0 Å². The minimum Gasteiger partial charge on any atom is -0.389 e. The molecule has 0 radical (unpaired) electrons. The molecule has 4 N–H and O–H groups in total. The van der Waals surface area contributed by atoms with Crippen molar-refractivity contribution in [3.8, 4) is 0 Å². The Morgan fingerprint density at radius 3 is 2.80 bits per heavy atom. The van der Waals surface area contributed by atoms with Crippen molar-refractivity contribution < 1.29 is 4.79 Å². The number of rotatable bonds is 4. The monoisotopic (exact) mass is 224 g/mol. The van der Waals surface area contributed by atoms with Crippen LogP contribution in [0.15, 0.2) is 18.3 Å². The van der Waals surface area contributed by atoms with Crippen LogP contribution in [-0.2, 0) is 4.79 Å². The summed E-state index contributed by atoms with van der Waals surface area (Å²) in [5, 5.41) is 0. The minimum atomic E-state index is -0.417. The van der Waals surface area contributed by atoms with Gasteiger partial charge in [-0.05, 0) is 12.1 Å². The fourth-order valence-corrected chi connectivity index (χ4v) is 1.22.